The number of carbonyl (C=O) groups is 1. The Labute approximate surface area is 116 Å². The first-order valence-corrected chi connectivity index (χ1v) is 6.10. The van der Waals surface area contributed by atoms with Gasteiger partial charge in [0.15, 0.2) is 0 Å². The van der Waals surface area contributed by atoms with E-state index in [0.29, 0.717) is 10.7 Å². The minimum absolute atomic E-state index is 0.147. The summed E-state index contributed by atoms with van der Waals surface area (Å²) < 4.78 is 13.6. The quantitative estimate of drug-likeness (QED) is 0.908. The minimum Gasteiger partial charge on any atom is -0.322 e. The lowest BCUT2D eigenvalue weighted by Gasteiger charge is -2.06. The van der Waals surface area contributed by atoms with E-state index in [9.17, 15) is 9.18 Å². The van der Waals surface area contributed by atoms with E-state index in [1.54, 1.807) is 18.2 Å². The lowest BCUT2D eigenvalue weighted by atomic mass is 10.2. The summed E-state index contributed by atoms with van der Waals surface area (Å²) in [5.41, 5.74) is 0.673. The third-order valence-electron chi connectivity index (χ3n) is 2.14. The fraction of sp³-hybridized carbons (Fsp3) is 0. The molecule has 1 amide bonds. The van der Waals surface area contributed by atoms with Crippen molar-refractivity contribution in [2.75, 3.05) is 5.32 Å². The van der Waals surface area contributed by atoms with Crippen molar-refractivity contribution in [3.63, 3.8) is 0 Å². The molecule has 0 saturated heterocycles. The Hall–Kier alpha value is -1.46. The zero-order valence-corrected chi connectivity index (χ0v) is 11.3. The summed E-state index contributed by atoms with van der Waals surface area (Å²) in [5.74, 6) is -1.00. The maximum Gasteiger partial charge on any atom is 0.257 e. The first-order chi connectivity index (χ1) is 8.56. The van der Waals surface area contributed by atoms with Crippen LogP contribution in [0.15, 0.2) is 41.1 Å². The molecule has 0 aliphatic heterocycles. The first-order valence-electron chi connectivity index (χ1n) is 4.93. The van der Waals surface area contributed by atoms with Gasteiger partial charge >= 0.3 is 0 Å². The number of amides is 1. The number of nitrogens with zero attached hydrogens (tertiary/aromatic N) is 1. The van der Waals surface area contributed by atoms with Crippen molar-refractivity contribution in [1.29, 1.82) is 0 Å². The standard InChI is InChI=1S/C12H7BrClFN2O/c13-10-2-1-9(4-11(10)14)17-12(18)7-3-8(15)6-16-5-7/h1-6H,(H,17,18). The van der Waals surface area contributed by atoms with Gasteiger partial charge in [-0.15, -0.1) is 0 Å². The predicted octanol–water partition coefficient (Wildman–Crippen LogP) is 3.89. The van der Waals surface area contributed by atoms with Crippen LogP contribution in [-0.4, -0.2) is 10.9 Å². The Morgan fingerprint density at radius 2 is 2.11 bits per heavy atom. The highest BCUT2D eigenvalue weighted by molar-refractivity contribution is 9.10. The van der Waals surface area contributed by atoms with Crippen molar-refractivity contribution in [3.8, 4) is 0 Å². The Kier molecular flexibility index (Phi) is 3.93. The van der Waals surface area contributed by atoms with E-state index in [0.717, 1.165) is 16.7 Å². The van der Waals surface area contributed by atoms with Gasteiger partial charge in [-0.1, -0.05) is 11.6 Å². The Morgan fingerprint density at radius 3 is 2.78 bits per heavy atom. The SMILES string of the molecule is O=C(Nc1ccc(Br)c(Cl)c1)c1cncc(F)c1. The van der Waals surface area contributed by atoms with Crippen LogP contribution in [0.2, 0.25) is 5.02 Å². The molecular formula is C12H7BrClFN2O. The summed E-state index contributed by atoms with van der Waals surface area (Å²) in [6, 6.07) is 6.10. The van der Waals surface area contributed by atoms with Gasteiger partial charge < -0.3 is 5.32 Å². The van der Waals surface area contributed by atoms with Crippen LogP contribution >= 0.6 is 27.5 Å². The topological polar surface area (TPSA) is 42.0 Å². The number of hydrogen-bond donors (Lipinski definition) is 1. The number of anilines is 1. The zero-order chi connectivity index (χ0) is 13.1. The van der Waals surface area contributed by atoms with E-state index >= 15 is 0 Å². The molecule has 2 rings (SSSR count). The molecule has 1 aromatic heterocycles. The van der Waals surface area contributed by atoms with Gasteiger partial charge in [-0.05, 0) is 40.2 Å². The number of nitrogens with one attached hydrogen (secondary N) is 1. The third-order valence-corrected chi connectivity index (χ3v) is 3.38. The van der Waals surface area contributed by atoms with Gasteiger partial charge in [-0.3, -0.25) is 9.78 Å². The molecule has 18 heavy (non-hydrogen) atoms. The largest absolute Gasteiger partial charge is 0.322 e. The lowest BCUT2D eigenvalue weighted by molar-refractivity contribution is 0.102. The molecule has 1 heterocycles. The molecule has 1 aromatic carbocycles. The van der Waals surface area contributed by atoms with Gasteiger partial charge in [-0.25, -0.2) is 4.39 Å². The summed E-state index contributed by atoms with van der Waals surface area (Å²) in [5, 5.41) is 3.08. The van der Waals surface area contributed by atoms with Gasteiger partial charge in [0.1, 0.15) is 5.82 Å². The average Bonchev–Trinajstić information content (AvgIpc) is 2.34. The molecule has 0 spiro atoms. The molecule has 0 saturated carbocycles. The number of carbonyl (C=O) groups excluding carboxylic acids is 1. The molecule has 0 aliphatic carbocycles. The third kappa shape index (κ3) is 3.05. The van der Waals surface area contributed by atoms with E-state index in [4.69, 9.17) is 11.6 Å². The maximum absolute atomic E-state index is 12.9. The normalized spacial score (nSPS) is 10.2. The molecule has 6 heteroatoms. The molecule has 92 valence electrons. The molecule has 0 aliphatic rings. The van der Waals surface area contributed by atoms with Crippen LogP contribution in [0.1, 0.15) is 10.4 Å². The Morgan fingerprint density at radius 1 is 1.33 bits per heavy atom. The number of rotatable bonds is 2. The smallest absolute Gasteiger partial charge is 0.257 e. The number of benzene rings is 1. The van der Waals surface area contributed by atoms with Crippen LogP contribution in [0.5, 0.6) is 0 Å². The molecule has 0 unspecified atom stereocenters. The molecule has 3 nitrogen and oxygen atoms in total. The summed E-state index contributed by atoms with van der Waals surface area (Å²) >= 11 is 9.14. The van der Waals surface area contributed by atoms with E-state index in [1.165, 1.54) is 6.20 Å². The number of hydrogen-bond acceptors (Lipinski definition) is 2. The van der Waals surface area contributed by atoms with Gasteiger partial charge in [0.2, 0.25) is 0 Å². The average molecular weight is 330 g/mol. The van der Waals surface area contributed by atoms with Gasteiger partial charge in [0, 0.05) is 16.4 Å². The number of pyridine rings is 1. The van der Waals surface area contributed by atoms with E-state index in [1.807, 2.05) is 0 Å². The molecule has 1 N–H and O–H groups in total. The molecule has 0 radical (unpaired) electrons. The number of aromatic nitrogens is 1. The molecule has 0 bridgehead atoms. The minimum atomic E-state index is -0.559. The lowest BCUT2D eigenvalue weighted by Crippen LogP contribution is -2.12. The monoisotopic (exact) mass is 328 g/mol. The predicted molar refractivity (Wildman–Crippen MR) is 71.3 cm³/mol. The second-order valence-electron chi connectivity index (χ2n) is 3.47. The van der Waals surface area contributed by atoms with Crippen molar-refractivity contribution < 1.29 is 9.18 Å². The first kappa shape index (κ1) is 13.0. The Bertz CT molecular complexity index is 606. The summed E-state index contributed by atoms with van der Waals surface area (Å²) in [6.45, 7) is 0. The molecular weight excluding hydrogens is 322 g/mol. The summed E-state index contributed by atoms with van der Waals surface area (Å²) in [7, 11) is 0. The molecule has 0 fully saturated rings. The van der Waals surface area contributed by atoms with Crippen LogP contribution in [-0.2, 0) is 0 Å². The van der Waals surface area contributed by atoms with Crippen molar-refractivity contribution in [2.45, 2.75) is 0 Å². The van der Waals surface area contributed by atoms with Crippen molar-refractivity contribution in [3.05, 3.63) is 57.5 Å². The van der Waals surface area contributed by atoms with Crippen LogP contribution in [0.25, 0.3) is 0 Å². The highest BCUT2D eigenvalue weighted by atomic mass is 79.9. The van der Waals surface area contributed by atoms with Crippen molar-refractivity contribution in [1.82, 2.24) is 4.98 Å². The van der Waals surface area contributed by atoms with Crippen LogP contribution in [0, 0.1) is 5.82 Å². The van der Waals surface area contributed by atoms with Crippen molar-refractivity contribution >= 4 is 39.1 Å². The fourth-order valence-electron chi connectivity index (χ4n) is 1.31. The van der Waals surface area contributed by atoms with Crippen molar-refractivity contribution in [2.24, 2.45) is 0 Å². The highest BCUT2D eigenvalue weighted by Gasteiger charge is 2.08. The van der Waals surface area contributed by atoms with E-state index < -0.39 is 11.7 Å². The van der Waals surface area contributed by atoms with E-state index in [-0.39, 0.29) is 5.56 Å². The molecule has 0 atom stereocenters. The van der Waals surface area contributed by atoms with E-state index in [2.05, 4.69) is 26.2 Å². The maximum atomic E-state index is 12.9. The van der Waals surface area contributed by atoms with Gasteiger partial charge in [0.25, 0.3) is 5.91 Å². The fourth-order valence-corrected chi connectivity index (χ4v) is 1.74. The zero-order valence-electron chi connectivity index (χ0n) is 8.95. The Balaban J connectivity index is 2.18. The van der Waals surface area contributed by atoms with Gasteiger partial charge in [0.05, 0.1) is 16.8 Å². The number of halogens is 3. The second kappa shape index (κ2) is 5.46. The van der Waals surface area contributed by atoms with Crippen LogP contribution in [0.3, 0.4) is 0 Å². The summed E-state index contributed by atoms with van der Waals surface area (Å²) in [6.07, 6.45) is 2.33. The molecule has 2 aromatic rings. The second-order valence-corrected chi connectivity index (χ2v) is 4.74. The van der Waals surface area contributed by atoms with Gasteiger partial charge in [-0.2, -0.15) is 0 Å². The van der Waals surface area contributed by atoms with Crippen LogP contribution < -0.4 is 5.32 Å². The van der Waals surface area contributed by atoms with Crippen LogP contribution in [0.4, 0.5) is 10.1 Å². The highest BCUT2D eigenvalue weighted by Crippen LogP contribution is 2.25. The summed E-state index contributed by atoms with van der Waals surface area (Å²) in [4.78, 5) is 15.4.